The topological polar surface area (TPSA) is 73.9 Å². The van der Waals surface area contributed by atoms with Gasteiger partial charge in [0.1, 0.15) is 5.75 Å². The van der Waals surface area contributed by atoms with Gasteiger partial charge in [0.05, 0.1) is 30.7 Å². The quantitative estimate of drug-likeness (QED) is 0.627. The minimum atomic E-state index is -0.655. The number of rotatable bonds is 8. The van der Waals surface area contributed by atoms with Gasteiger partial charge in [-0.15, -0.1) is 0 Å². The molecule has 6 nitrogen and oxygen atoms in total. The number of ether oxygens (including phenoxy) is 3. The lowest BCUT2D eigenvalue weighted by Crippen LogP contribution is -2.48. The van der Waals surface area contributed by atoms with Crippen LogP contribution < -0.4 is 10.1 Å². The Balaban J connectivity index is 1.51. The van der Waals surface area contributed by atoms with Gasteiger partial charge in [-0.2, -0.15) is 0 Å². The smallest absolute Gasteiger partial charge is 0.337 e. The molecule has 0 radical (unpaired) electrons. The van der Waals surface area contributed by atoms with E-state index in [0.29, 0.717) is 37.5 Å². The van der Waals surface area contributed by atoms with E-state index in [1.807, 2.05) is 43.3 Å². The van der Waals surface area contributed by atoms with Crippen molar-refractivity contribution in [3.05, 3.63) is 65.2 Å². The molecule has 1 aliphatic heterocycles. The van der Waals surface area contributed by atoms with Crippen LogP contribution in [0.3, 0.4) is 0 Å². The van der Waals surface area contributed by atoms with Crippen LogP contribution >= 0.6 is 0 Å². The van der Waals surface area contributed by atoms with E-state index in [0.717, 1.165) is 23.5 Å². The summed E-state index contributed by atoms with van der Waals surface area (Å²) >= 11 is 0. The third kappa shape index (κ3) is 4.96. The fourth-order valence-electron chi connectivity index (χ4n) is 4.19. The molecule has 6 heteroatoms. The second-order valence-corrected chi connectivity index (χ2v) is 8.79. The van der Waals surface area contributed by atoms with Crippen molar-refractivity contribution in [2.45, 2.75) is 44.1 Å². The Bertz CT molecular complexity index is 945. The van der Waals surface area contributed by atoms with Crippen LogP contribution in [0.2, 0.25) is 0 Å². The first-order valence-electron chi connectivity index (χ1n) is 11.3. The molecule has 0 bridgehead atoms. The standard InChI is InChI=1S/C26H31NO5/c1-18(20-8-10-21(11-9-20)24(28)30-2)27-25(29)26(12-14-31-15-13-26)22-4-3-5-23(16-22)32-17-19-6-7-19/h3-5,8-11,16,18-19H,6-7,12-15,17H2,1-2H3,(H,27,29)/t18-/m0/s1. The minimum absolute atomic E-state index is 0.00955. The van der Waals surface area contributed by atoms with Crippen LogP contribution in [0.4, 0.5) is 0 Å². The lowest BCUT2D eigenvalue weighted by Gasteiger charge is -2.37. The van der Waals surface area contributed by atoms with E-state index in [2.05, 4.69) is 5.32 Å². The average Bonchev–Trinajstić information content (AvgIpc) is 3.67. The maximum absolute atomic E-state index is 13.6. The Labute approximate surface area is 189 Å². The highest BCUT2D eigenvalue weighted by molar-refractivity contribution is 5.90. The van der Waals surface area contributed by atoms with Crippen LogP contribution in [0, 0.1) is 5.92 Å². The van der Waals surface area contributed by atoms with E-state index < -0.39 is 5.41 Å². The Kier molecular flexibility index (Phi) is 6.80. The lowest BCUT2D eigenvalue weighted by atomic mass is 9.73. The molecular formula is C26H31NO5. The van der Waals surface area contributed by atoms with Crippen LogP contribution in [-0.4, -0.2) is 38.8 Å². The van der Waals surface area contributed by atoms with Crippen LogP contribution in [0.5, 0.6) is 5.75 Å². The number of nitrogens with one attached hydrogen (secondary N) is 1. The number of hydrogen-bond acceptors (Lipinski definition) is 5. The van der Waals surface area contributed by atoms with Crippen molar-refractivity contribution in [1.82, 2.24) is 5.32 Å². The molecule has 0 aromatic heterocycles. The number of carbonyl (C=O) groups is 2. The highest BCUT2D eigenvalue weighted by Gasteiger charge is 2.42. The minimum Gasteiger partial charge on any atom is -0.493 e. The zero-order valence-electron chi connectivity index (χ0n) is 18.8. The number of esters is 1. The maximum atomic E-state index is 13.6. The molecule has 32 heavy (non-hydrogen) atoms. The highest BCUT2D eigenvalue weighted by atomic mass is 16.5. The number of methoxy groups -OCH3 is 1. The predicted molar refractivity (Wildman–Crippen MR) is 121 cm³/mol. The van der Waals surface area contributed by atoms with E-state index in [1.165, 1.54) is 20.0 Å². The Morgan fingerprint density at radius 3 is 2.50 bits per heavy atom. The van der Waals surface area contributed by atoms with Gasteiger partial charge in [-0.1, -0.05) is 24.3 Å². The van der Waals surface area contributed by atoms with Gasteiger partial charge in [-0.25, -0.2) is 4.79 Å². The molecule has 1 aliphatic carbocycles. The van der Waals surface area contributed by atoms with Gasteiger partial charge in [0.15, 0.2) is 0 Å². The lowest BCUT2D eigenvalue weighted by molar-refractivity contribution is -0.131. The fraction of sp³-hybridized carbons (Fsp3) is 0.462. The van der Waals surface area contributed by atoms with Crippen LogP contribution in [0.15, 0.2) is 48.5 Å². The van der Waals surface area contributed by atoms with Crippen molar-refractivity contribution in [3.63, 3.8) is 0 Å². The monoisotopic (exact) mass is 437 g/mol. The third-order valence-corrected chi connectivity index (χ3v) is 6.53. The van der Waals surface area contributed by atoms with Gasteiger partial charge in [-0.3, -0.25) is 4.79 Å². The number of amides is 1. The predicted octanol–water partition coefficient (Wildman–Crippen LogP) is 4.19. The molecule has 1 amide bonds. The van der Waals surface area contributed by atoms with Gasteiger partial charge < -0.3 is 19.5 Å². The van der Waals surface area contributed by atoms with Crippen molar-refractivity contribution >= 4 is 11.9 Å². The second-order valence-electron chi connectivity index (χ2n) is 8.79. The summed E-state index contributed by atoms with van der Waals surface area (Å²) in [6.45, 7) is 3.78. The Morgan fingerprint density at radius 2 is 1.84 bits per heavy atom. The van der Waals surface area contributed by atoms with E-state index in [1.54, 1.807) is 12.1 Å². The van der Waals surface area contributed by atoms with Gasteiger partial charge in [0.2, 0.25) is 5.91 Å². The van der Waals surface area contributed by atoms with Crippen LogP contribution in [0.1, 0.15) is 60.1 Å². The first kappa shape index (κ1) is 22.3. The number of carbonyl (C=O) groups excluding carboxylic acids is 2. The van der Waals surface area contributed by atoms with Gasteiger partial charge in [0, 0.05) is 13.2 Å². The number of hydrogen-bond donors (Lipinski definition) is 1. The SMILES string of the molecule is COC(=O)c1ccc([C@H](C)NC(=O)C2(c3cccc(OCC4CC4)c3)CCOCC2)cc1. The molecule has 1 N–H and O–H groups in total. The maximum Gasteiger partial charge on any atom is 0.337 e. The van der Waals surface area contributed by atoms with Crippen LogP contribution in [-0.2, 0) is 19.7 Å². The molecular weight excluding hydrogens is 406 g/mol. The van der Waals surface area contributed by atoms with Crippen molar-refractivity contribution in [2.75, 3.05) is 26.9 Å². The molecule has 0 unspecified atom stereocenters. The zero-order valence-corrected chi connectivity index (χ0v) is 18.8. The summed E-state index contributed by atoms with van der Waals surface area (Å²) in [6.07, 6.45) is 3.72. The average molecular weight is 438 g/mol. The normalized spacial score (nSPS) is 18.4. The molecule has 4 rings (SSSR count). The largest absolute Gasteiger partial charge is 0.493 e. The first-order valence-corrected chi connectivity index (χ1v) is 11.3. The summed E-state index contributed by atoms with van der Waals surface area (Å²) in [7, 11) is 1.36. The first-order chi connectivity index (χ1) is 15.5. The molecule has 1 atom stereocenters. The van der Waals surface area contributed by atoms with E-state index in [-0.39, 0.29) is 17.9 Å². The summed E-state index contributed by atoms with van der Waals surface area (Å²) < 4.78 is 16.3. The van der Waals surface area contributed by atoms with E-state index in [9.17, 15) is 9.59 Å². The van der Waals surface area contributed by atoms with Crippen molar-refractivity contribution < 1.29 is 23.8 Å². The molecule has 2 aromatic rings. The summed E-state index contributed by atoms with van der Waals surface area (Å²) in [5.74, 6) is 1.10. The van der Waals surface area contributed by atoms with Crippen molar-refractivity contribution in [1.29, 1.82) is 0 Å². The van der Waals surface area contributed by atoms with Gasteiger partial charge in [-0.05, 0) is 73.9 Å². The van der Waals surface area contributed by atoms with Crippen molar-refractivity contribution in [3.8, 4) is 5.75 Å². The second kappa shape index (κ2) is 9.74. The Morgan fingerprint density at radius 1 is 1.12 bits per heavy atom. The zero-order chi connectivity index (χ0) is 22.6. The van der Waals surface area contributed by atoms with Crippen LogP contribution in [0.25, 0.3) is 0 Å². The molecule has 170 valence electrons. The highest BCUT2D eigenvalue weighted by Crippen LogP contribution is 2.38. The molecule has 0 spiro atoms. The summed E-state index contributed by atoms with van der Waals surface area (Å²) in [5, 5.41) is 3.20. The Hall–Kier alpha value is -2.86. The summed E-state index contributed by atoms with van der Waals surface area (Å²) in [4.78, 5) is 25.3. The molecule has 1 heterocycles. The molecule has 2 aromatic carbocycles. The van der Waals surface area contributed by atoms with Gasteiger partial charge >= 0.3 is 5.97 Å². The molecule has 1 saturated carbocycles. The summed E-state index contributed by atoms with van der Waals surface area (Å²) in [6, 6.07) is 14.9. The molecule has 2 aliphatic rings. The van der Waals surface area contributed by atoms with E-state index >= 15 is 0 Å². The number of benzene rings is 2. The van der Waals surface area contributed by atoms with E-state index in [4.69, 9.17) is 14.2 Å². The fourth-order valence-corrected chi connectivity index (χ4v) is 4.19. The van der Waals surface area contributed by atoms with Crippen molar-refractivity contribution in [2.24, 2.45) is 5.92 Å². The third-order valence-electron chi connectivity index (χ3n) is 6.53. The molecule has 2 fully saturated rings. The molecule has 1 saturated heterocycles. The van der Waals surface area contributed by atoms with Gasteiger partial charge in [0.25, 0.3) is 0 Å². The summed E-state index contributed by atoms with van der Waals surface area (Å²) in [5.41, 5.74) is 1.73.